The van der Waals surface area contributed by atoms with Crippen molar-refractivity contribution in [1.82, 2.24) is 19.9 Å². The summed E-state index contributed by atoms with van der Waals surface area (Å²) >= 11 is 0. The number of hydrogen-bond donors (Lipinski definition) is 1. The number of alkyl halides is 1. The molecule has 234 valence electrons. The van der Waals surface area contributed by atoms with Gasteiger partial charge in [-0.3, -0.25) is 4.90 Å². The Hall–Kier alpha value is -4.16. The topological polar surface area (TPSA) is 93.1 Å². The van der Waals surface area contributed by atoms with Crippen LogP contribution in [0.4, 0.5) is 19.0 Å². The van der Waals surface area contributed by atoms with E-state index in [4.69, 9.17) is 19.2 Å². The average molecular weight is 620 g/mol. The maximum absolute atomic E-state index is 16.9. The van der Waals surface area contributed by atoms with E-state index in [1.807, 2.05) is 4.90 Å². The Balaban J connectivity index is 1.33. The zero-order valence-corrected chi connectivity index (χ0v) is 24.6. The van der Waals surface area contributed by atoms with Crippen molar-refractivity contribution in [3.8, 4) is 28.9 Å². The highest BCUT2D eigenvalue weighted by Crippen LogP contribution is 2.44. The number of aromatic hydroxyl groups is 1. The van der Waals surface area contributed by atoms with Gasteiger partial charge in [0.15, 0.2) is 5.82 Å². The van der Waals surface area contributed by atoms with Gasteiger partial charge in [-0.2, -0.15) is 9.97 Å². The first kappa shape index (κ1) is 28.3. The highest BCUT2D eigenvalue weighted by Gasteiger charge is 2.49. The lowest BCUT2D eigenvalue weighted by atomic mass is 9.95. The number of aromatic nitrogens is 3. The molecule has 3 fully saturated rings. The Morgan fingerprint density at radius 2 is 2.00 bits per heavy atom. The van der Waals surface area contributed by atoms with Crippen LogP contribution in [0.5, 0.6) is 17.6 Å². The van der Waals surface area contributed by atoms with E-state index in [1.165, 1.54) is 30.3 Å². The van der Waals surface area contributed by atoms with Gasteiger partial charge in [-0.1, -0.05) is 18.7 Å². The van der Waals surface area contributed by atoms with Gasteiger partial charge in [-0.25, -0.2) is 18.2 Å². The molecule has 0 radical (unpaired) electrons. The molecule has 0 bridgehead atoms. The smallest absolute Gasteiger partial charge is 0.319 e. The van der Waals surface area contributed by atoms with Crippen LogP contribution in [0.2, 0.25) is 0 Å². The molecule has 0 saturated carbocycles. The van der Waals surface area contributed by atoms with Crippen LogP contribution in [0, 0.1) is 11.6 Å². The summed E-state index contributed by atoms with van der Waals surface area (Å²) in [5.41, 5.74) is -0.398. The summed E-state index contributed by atoms with van der Waals surface area (Å²) in [5, 5.41) is 11.7. The van der Waals surface area contributed by atoms with Gasteiger partial charge in [-0.05, 0) is 49.4 Å². The molecule has 2 aromatic heterocycles. The SMILES string of the molecule is C=Cc1c(F)ccc2cc(O)cc(-c3nc4c5c(nc(OC[C@@]67CCCN6C[C@H](F)C7)nc5c3F)N3CCCOC[C@H]3CO4)c12. The molecule has 9 nitrogen and oxygen atoms in total. The van der Waals surface area contributed by atoms with Crippen LogP contribution in [0.15, 0.2) is 30.8 Å². The van der Waals surface area contributed by atoms with Gasteiger partial charge in [0.2, 0.25) is 5.88 Å². The number of halogens is 3. The minimum absolute atomic E-state index is 0.0348. The summed E-state index contributed by atoms with van der Waals surface area (Å²) in [6.45, 7) is 6.83. The molecule has 0 aliphatic carbocycles. The van der Waals surface area contributed by atoms with Crippen LogP contribution in [-0.2, 0) is 4.74 Å². The Kier molecular flexibility index (Phi) is 6.75. The van der Waals surface area contributed by atoms with Crippen LogP contribution in [0.25, 0.3) is 39.0 Å². The van der Waals surface area contributed by atoms with E-state index >= 15 is 4.39 Å². The summed E-state index contributed by atoms with van der Waals surface area (Å²) in [4.78, 5) is 18.1. The lowest BCUT2D eigenvalue weighted by molar-refractivity contribution is 0.107. The Labute approximate surface area is 257 Å². The van der Waals surface area contributed by atoms with Crippen molar-refractivity contribution in [2.45, 2.75) is 43.4 Å². The number of phenolic OH excluding ortho intramolecular Hbond substituents is 1. The third-order valence-electron chi connectivity index (χ3n) is 9.62. The predicted octanol–water partition coefficient (Wildman–Crippen LogP) is 5.41. The third kappa shape index (κ3) is 4.56. The van der Waals surface area contributed by atoms with Crippen molar-refractivity contribution in [2.75, 3.05) is 51.0 Å². The first-order valence-corrected chi connectivity index (χ1v) is 15.3. The first-order valence-electron chi connectivity index (χ1n) is 15.3. The van der Waals surface area contributed by atoms with Crippen molar-refractivity contribution < 1.29 is 32.5 Å². The molecule has 0 amide bonds. The zero-order valence-electron chi connectivity index (χ0n) is 24.6. The third-order valence-corrected chi connectivity index (χ3v) is 9.62. The number of pyridine rings is 1. The lowest BCUT2D eigenvalue weighted by Crippen LogP contribution is -2.43. The van der Waals surface area contributed by atoms with Gasteiger partial charge < -0.3 is 24.2 Å². The second-order valence-corrected chi connectivity index (χ2v) is 12.3. The maximum atomic E-state index is 16.9. The normalized spacial score (nSPS) is 24.6. The lowest BCUT2D eigenvalue weighted by Gasteiger charge is -2.31. The number of hydrogen-bond acceptors (Lipinski definition) is 9. The maximum Gasteiger partial charge on any atom is 0.319 e. The number of ether oxygens (including phenoxy) is 3. The summed E-state index contributed by atoms with van der Waals surface area (Å²) < 4.78 is 64.6. The van der Waals surface area contributed by atoms with Crippen LogP contribution < -0.4 is 14.4 Å². The first-order chi connectivity index (χ1) is 21.8. The molecule has 4 aromatic rings. The monoisotopic (exact) mass is 619 g/mol. The molecule has 12 heteroatoms. The number of anilines is 1. The molecular weight excluding hydrogens is 587 g/mol. The van der Waals surface area contributed by atoms with Crippen LogP contribution in [0.3, 0.4) is 0 Å². The van der Waals surface area contributed by atoms with E-state index in [-0.39, 0.29) is 64.6 Å². The summed E-state index contributed by atoms with van der Waals surface area (Å²) in [6, 6.07) is 5.33. The van der Waals surface area contributed by atoms with Gasteiger partial charge in [0.05, 0.1) is 18.2 Å². The van der Waals surface area contributed by atoms with Gasteiger partial charge >= 0.3 is 6.01 Å². The van der Waals surface area contributed by atoms with E-state index in [9.17, 15) is 13.9 Å². The molecule has 4 aliphatic heterocycles. The molecule has 3 atom stereocenters. The van der Waals surface area contributed by atoms with Crippen LogP contribution >= 0.6 is 0 Å². The number of phenols is 1. The summed E-state index contributed by atoms with van der Waals surface area (Å²) in [6.07, 6.45) is 3.26. The van der Waals surface area contributed by atoms with E-state index < -0.39 is 23.3 Å². The van der Waals surface area contributed by atoms with Crippen LogP contribution in [-0.4, -0.2) is 88.8 Å². The Bertz CT molecular complexity index is 1860. The summed E-state index contributed by atoms with van der Waals surface area (Å²) in [5.74, 6) is -0.957. The van der Waals surface area contributed by atoms with E-state index in [0.29, 0.717) is 49.3 Å². The molecule has 3 saturated heterocycles. The van der Waals surface area contributed by atoms with Gasteiger partial charge in [0, 0.05) is 42.6 Å². The largest absolute Gasteiger partial charge is 0.508 e. The highest BCUT2D eigenvalue weighted by molar-refractivity contribution is 6.05. The number of rotatable bonds is 5. The van der Waals surface area contributed by atoms with E-state index in [2.05, 4.69) is 21.4 Å². The van der Waals surface area contributed by atoms with Crippen molar-refractivity contribution in [1.29, 1.82) is 0 Å². The average Bonchev–Trinajstić information content (AvgIpc) is 3.38. The van der Waals surface area contributed by atoms with Crippen molar-refractivity contribution in [2.24, 2.45) is 0 Å². The van der Waals surface area contributed by atoms with Crippen molar-refractivity contribution in [3.63, 3.8) is 0 Å². The molecule has 8 rings (SSSR count). The van der Waals surface area contributed by atoms with Crippen molar-refractivity contribution in [3.05, 3.63) is 48.0 Å². The molecule has 0 unspecified atom stereocenters. The molecule has 4 aliphatic rings. The number of fused-ring (bicyclic) bond motifs is 4. The van der Waals surface area contributed by atoms with Crippen LogP contribution in [0.1, 0.15) is 31.2 Å². The zero-order chi connectivity index (χ0) is 30.9. The molecular formula is C33H32F3N5O4. The minimum atomic E-state index is -0.929. The van der Waals surface area contributed by atoms with E-state index in [1.54, 1.807) is 0 Å². The molecule has 2 aromatic carbocycles. The van der Waals surface area contributed by atoms with E-state index in [0.717, 1.165) is 25.8 Å². The van der Waals surface area contributed by atoms with Crippen molar-refractivity contribution >= 4 is 33.6 Å². The fraction of sp³-hybridized carbons (Fsp3) is 0.424. The number of nitrogens with zero attached hydrogens (tertiary/aromatic N) is 5. The summed E-state index contributed by atoms with van der Waals surface area (Å²) in [7, 11) is 0. The Morgan fingerprint density at radius 3 is 2.87 bits per heavy atom. The van der Waals surface area contributed by atoms with Gasteiger partial charge in [0.25, 0.3) is 0 Å². The van der Waals surface area contributed by atoms with Gasteiger partial charge in [-0.15, -0.1) is 0 Å². The minimum Gasteiger partial charge on any atom is -0.508 e. The molecule has 1 N–H and O–H groups in total. The predicted molar refractivity (Wildman–Crippen MR) is 163 cm³/mol. The highest BCUT2D eigenvalue weighted by atomic mass is 19.1. The second-order valence-electron chi connectivity index (χ2n) is 12.3. The second kappa shape index (κ2) is 10.7. The molecule has 6 heterocycles. The quantitative estimate of drug-likeness (QED) is 0.315. The fourth-order valence-electron chi connectivity index (χ4n) is 7.57. The fourth-order valence-corrected chi connectivity index (χ4v) is 7.57. The Morgan fingerprint density at radius 1 is 1.11 bits per heavy atom. The van der Waals surface area contributed by atoms with Gasteiger partial charge in [0.1, 0.15) is 53.4 Å². The molecule has 45 heavy (non-hydrogen) atoms. The standard InChI is InChI=1S/C33H32F3N5O4/c1-2-22-24(35)6-5-18-11-21(42)12-23(25(18)22)28-27(36)29-26-30(41-9-4-10-43-15-20(41)16-44-31(26)37-28)39-32(38-29)45-17-33-7-3-8-40(33)14-19(34)13-33/h2,5-6,11-12,19-20,42H,1,3-4,7-10,13-17H2/t19-,20+,33+/m1/s1. The molecule has 0 spiro atoms. The number of benzene rings is 2.